The van der Waals surface area contributed by atoms with Crippen LogP contribution < -0.4 is 0 Å². The number of hydrogen-bond donors (Lipinski definition) is 0. The molecule has 18 aromatic rings. The first-order chi connectivity index (χ1) is 46.6. The molecule has 0 saturated carbocycles. The molecule has 3 heteroatoms. The third kappa shape index (κ3) is 8.69. The van der Waals surface area contributed by atoms with E-state index in [0.717, 1.165) is 44.9 Å². The molecule has 1 aliphatic rings. The van der Waals surface area contributed by atoms with Crippen molar-refractivity contribution in [3.05, 3.63) is 356 Å². The van der Waals surface area contributed by atoms with E-state index >= 15 is 0 Å². The Bertz CT molecular complexity index is 6240. The summed E-state index contributed by atoms with van der Waals surface area (Å²) >= 11 is 0. The van der Waals surface area contributed by atoms with Crippen LogP contribution in [0.1, 0.15) is 22.6 Å². The summed E-state index contributed by atoms with van der Waals surface area (Å²) in [4.78, 5) is 0. The summed E-state index contributed by atoms with van der Waals surface area (Å²) in [6, 6.07) is 121. The Kier molecular flexibility index (Phi) is 12.3. The first-order valence-corrected chi connectivity index (χ1v) is 32.4. The largest absolute Gasteiger partial charge is 0.309 e. The smallest absolute Gasteiger partial charge is 0.0645 e. The van der Waals surface area contributed by atoms with Crippen LogP contribution in [0, 0.1) is 11.8 Å². The van der Waals surface area contributed by atoms with Crippen LogP contribution in [0.2, 0.25) is 0 Å². The summed E-state index contributed by atoms with van der Waals surface area (Å²) < 4.78 is 7.29. The Morgan fingerprint density at radius 2 is 0.606 bits per heavy atom. The number of rotatable bonds is 9. The first kappa shape index (κ1) is 53.4. The van der Waals surface area contributed by atoms with Crippen LogP contribution in [-0.2, 0) is 0 Å². The predicted octanol–water partition coefficient (Wildman–Crippen LogP) is 23.7. The van der Waals surface area contributed by atoms with Gasteiger partial charge in [-0.15, -0.1) is 0 Å². The average molecular weight is 1190 g/mol. The van der Waals surface area contributed by atoms with Crippen molar-refractivity contribution in [1.82, 2.24) is 13.7 Å². The Morgan fingerprint density at radius 1 is 0.223 bits per heavy atom. The molecule has 0 bridgehead atoms. The third-order valence-corrected chi connectivity index (χ3v) is 19.7. The molecule has 0 N–H and O–H groups in total. The summed E-state index contributed by atoms with van der Waals surface area (Å²) in [6.45, 7) is 0. The van der Waals surface area contributed by atoms with Gasteiger partial charge in [0.1, 0.15) is 0 Å². The molecule has 436 valence electrons. The number of allylic oxidation sites excluding steroid dienone is 4. The molecule has 0 radical (unpaired) electrons. The van der Waals surface area contributed by atoms with E-state index in [1.165, 1.54) is 131 Å². The van der Waals surface area contributed by atoms with Crippen molar-refractivity contribution in [3.63, 3.8) is 0 Å². The van der Waals surface area contributed by atoms with Crippen LogP contribution in [0.4, 0.5) is 0 Å². The minimum Gasteiger partial charge on any atom is -0.309 e. The lowest BCUT2D eigenvalue weighted by Crippen LogP contribution is -1.95. The van der Waals surface area contributed by atoms with Gasteiger partial charge in [-0.05, 0) is 197 Å². The van der Waals surface area contributed by atoms with E-state index in [0.29, 0.717) is 0 Å². The van der Waals surface area contributed by atoms with Crippen LogP contribution >= 0.6 is 0 Å². The zero-order valence-electron chi connectivity index (χ0n) is 51.3. The van der Waals surface area contributed by atoms with Crippen molar-refractivity contribution in [1.29, 1.82) is 0 Å². The van der Waals surface area contributed by atoms with Crippen molar-refractivity contribution in [2.75, 3.05) is 0 Å². The van der Waals surface area contributed by atoms with Crippen LogP contribution in [0.15, 0.2) is 340 Å². The van der Waals surface area contributed by atoms with Crippen LogP contribution in [0.3, 0.4) is 0 Å². The lowest BCUT2D eigenvalue weighted by Gasteiger charge is -2.14. The Morgan fingerprint density at radius 3 is 1.19 bits per heavy atom. The highest BCUT2D eigenvalue weighted by atomic mass is 15.0. The minimum absolute atomic E-state index is 0.0212. The topological polar surface area (TPSA) is 14.8 Å². The molecular weight excluding hydrogens is 1140 g/mol. The van der Waals surface area contributed by atoms with Crippen molar-refractivity contribution >= 4 is 109 Å². The fourth-order valence-corrected chi connectivity index (χ4v) is 15.2. The summed E-state index contributed by atoms with van der Waals surface area (Å²) in [6.07, 6.45) is 4.58. The maximum atomic E-state index is 3.63. The normalized spacial score (nSPS) is 13.3. The van der Waals surface area contributed by atoms with Crippen LogP contribution in [0.25, 0.3) is 159 Å². The Balaban J connectivity index is 0.693. The molecule has 3 heterocycles. The molecule has 0 amide bonds. The monoisotopic (exact) mass is 1190 g/mol. The highest BCUT2D eigenvalue weighted by molar-refractivity contribution is 6.26. The zero-order chi connectivity index (χ0) is 61.8. The van der Waals surface area contributed by atoms with E-state index in [9.17, 15) is 0 Å². The van der Waals surface area contributed by atoms with E-state index in [1.807, 2.05) is 0 Å². The highest BCUT2D eigenvalue weighted by Crippen LogP contribution is 2.44. The van der Waals surface area contributed by atoms with Gasteiger partial charge >= 0.3 is 0 Å². The quantitative estimate of drug-likeness (QED) is 0.101. The summed E-state index contributed by atoms with van der Waals surface area (Å²) in [7, 11) is 0. The maximum absolute atomic E-state index is 3.63. The standard InChI is InChI=1S/C91H57N3/c1-5-20-59(21-6-1)63-36-37-64(52-70(51-63)60-22-7-2-8-23-60)61-24-19-25-62(50-61)65-38-44-76-77-45-39-66(54-82(77)75-31-14-13-30-74(75)81(76)53-65)69-40-46-80-85-58-73(43-49-90(85)93(91(80)57-69)72-28-11-4-12-29-72)94-87-35-18-16-33-79(87)84-56-68(42-48-89(84)94)67-41-47-88-83(55-67)78-32-15-17-34-86(78)92(88)71-26-9-3-10-27-71/h1-35,38-58,63H. The van der Waals surface area contributed by atoms with Gasteiger partial charge in [0.05, 0.1) is 39.0 Å². The van der Waals surface area contributed by atoms with Gasteiger partial charge in [-0.1, -0.05) is 242 Å². The van der Waals surface area contributed by atoms with Gasteiger partial charge < -0.3 is 13.7 Å². The van der Waals surface area contributed by atoms with E-state index < -0.39 is 0 Å². The van der Waals surface area contributed by atoms with Crippen LogP contribution in [-0.4, -0.2) is 13.7 Å². The van der Waals surface area contributed by atoms with Crippen molar-refractivity contribution in [3.8, 4) is 62.3 Å². The van der Waals surface area contributed by atoms with Crippen molar-refractivity contribution < 1.29 is 0 Å². The second-order valence-electron chi connectivity index (χ2n) is 25.0. The second-order valence-corrected chi connectivity index (χ2v) is 25.0. The molecule has 94 heavy (non-hydrogen) atoms. The SMILES string of the molecule is C1#CC(c2ccccc2)C=C(c2ccccc2)C=C1c1cccc(-c2ccc3c4ccc(-c5ccc6c7cc(-n8c9ccccc9c9cc(-c%10ccc%11c(c%10)c%10ccccc%10n%11-c%10ccccc%10)ccc98)ccc7n(-c7ccccc7)c6c5)cc4c4ccccc4c3c2)c1. The fraction of sp³-hybridized carbons (Fsp3) is 0.0110. The summed E-state index contributed by atoms with van der Waals surface area (Å²) in [5.41, 5.74) is 23.2. The second kappa shape index (κ2) is 21.6. The van der Waals surface area contributed by atoms with Gasteiger partial charge in [0.15, 0.2) is 0 Å². The molecule has 15 aromatic carbocycles. The molecule has 1 unspecified atom stereocenters. The van der Waals surface area contributed by atoms with E-state index in [1.54, 1.807) is 0 Å². The van der Waals surface area contributed by atoms with Gasteiger partial charge in [-0.2, -0.15) is 0 Å². The average Bonchev–Trinajstić information content (AvgIpc) is 0.758. The number of aromatic nitrogens is 3. The van der Waals surface area contributed by atoms with E-state index in [-0.39, 0.29) is 5.92 Å². The Labute approximate surface area is 543 Å². The zero-order valence-corrected chi connectivity index (χ0v) is 51.3. The van der Waals surface area contributed by atoms with Gasteiger partial charge in [0, 0.05) is 55.0 Å². The third-order valence-electron chi connectivity index (χ3n) is 19.7. The number of para-hydroxylation sites is 4. The first-order valence-electron chi connectivity index (χ1n) is 32.4. The van der Waals surface area contributed by atoms with Crippen molar-refractivity contribution in [2.24, 2.45) is 0 Å². The number of benzene rings is 15. The van der Waals surface area contributed by atoms with E-state index in [4.69, 9.17) is 0 Å². The lowest BCUT2D eigenvalue weighted by atomic mass is 9.90. The summed E-state index contributed by atoms with van der Waals surface area (Å²) in [5, 5.41) is 14.8. The summed E-state index contributed by atoms with van der Waals surface area (Å²) in [5.74, 6) is 7.24. The Hall–Kier alpha value is -12.5. The molecule has 3 aromatic heterocycles. The predicted molar refractivity (Wildman–Crippen MR) is 398 cm³/mol. The lowest BCUT2D eigenvalue weighted by molar-refractivity contribution is 1.13. The van der Waals surface area contributed by atoms with E-state index in [2.05, 4.69) is 365 Å². The maximum Gasteiger partial charge on any atom is 0.0645 e. The van der Waals surface area contributed by atoms with Crippen molar-refractivity contribution in [2.45, 2.75) is 5.92 Å². The highest BCUT2D eigenvalue weighted by Gasteiger charge is 2.21. The van der Waals surface area contributed by atoms with Gasteiger partial charge in [0.25, 0.3) is 0 Å². The van der Waals surface area contributed by atoms with Gasteiger partial charge in [-0.25, -0.2) is 0 Å². The fourth-order valence-electron chi connectivity index (χ4n) is 15.2. The molecule has 19 rings (SSSR count). The number of nitrogens with zero attached hydrogens (tertiary/aromatic N) is 3. The minimum atomic E-state index is -0.0212. The molecule has 0 aliphatic heterocycles. The van der Waals surface area contributed by atoms with Crippen LogP contribution in [0.5, 0.6) is 0 Å². The molecule has 0 saturated heterocycles. The molecular formula is C91H57N3. The number of hydrogen-bond acceptors (Lipinski definition) is 0. The number of fused-ring (bicyclic) bond motifs is 15. The molecule has 0 fully saturated rings. The van der Waals surface area contributed by atoms with Gasteiger partial charge in [-0.3, -0.25) is 0 Å². The molecule has 1 aliphatic carbocycles. The molecule has 3 nitrogen and oxygen atoms in total. The molecule has 0 spiro atoms. The van der Waals surface area contributed by atoms with Gasteiger partial charge in [0.2, 0.25) is 0 Å². The molecule has 1 atom stereocenters.